The number of anilines is 3. The molecule has 1 amide bonds. The van der Waals surface area contributed by atoms with Gasteiger partial charge in [-0.2, -0.15) is 15.1 Å². The molecule has 2 aromatic rings. The molecule has 9 nitrogen and oxygen atoms in total. The maximum Gasteiger partial charge on any atom is 0.320 e. The number of aliphatic hydroxyl groups excluding tert-OH is 1. The fraction of sp³-hybridized carbons (Fsp3) is 0.200. The minimum atomic E-state index is -0.144. The van der Waals surface area contributed by atoms with E-state index in [1.165, 1.54) is 6.07 Å². The van der Waals surface area contributed by atoms with Crippen LogP contribution in [0.15, 0.2) is 29.4 Å². The Bertz CT molecular complexity index is 793. The van der Waals surface area contributed by atoms with Crippen LogP contribution in [0.25, 0.3) is 0 Å². The number of nitrogens with zero attached hydrogens (tertiary/aromatic N) is 3. The topological polar surface area (TPSA) is 135 Å². The number of fused-ring (bicyclic) bond motifs is 1. The van der Waals surface area contributed by atoms with E-state index in [1.54, 1.807) is 6.21 Å². The van der Waals surface area contributed by atoms with Gasteiger partial charge in [0.2, 0.25) is 5.91 Å². The van der Waals surface area contributed by atoms with Gasteiger partial charge in [-0.3, -0.25) is 10.2 Å². The van der Waals surface area contributed by atoms with Crippen molar-refractivity contribution in [3.05, 3.63) is 35.4 Å². The SMILES string of the molecule is Nc1cc(NN=Cc2ccc3c(c2)CC(=O)N3)nc(OCCO)n1. The Balaban J connectivity index is 1.67. The van der Waals surface area contributed by atoms with Crippen molar-refractivity contribution < 1.29 is 14.6 Å². The summed E-state index contributed by atoms with van der Waals surface area (Å²) in [4.78, 5) is 19.3. The van der Waals surface area contributed by atoms with Gasteiger partial charge in [0.25, 0.3) is 0 Å². The molecule has 3 rings (SSSR count). The van der Waals surface area contributed by atoms with E-state index in [4.69, 9.17) is 15.6 Å². The number of rotatable bonds is 6. The molecule has 0 fully saturated rings. The molecule has 5 N–H and O–H groups in total. The van der Waals surface area contributed by atoms with Gasteiger partial charge >= 0.3 is 6.01 Å². The van der Waals surface area contributed by atoms with Crippen molar-refractivity contribution in [2.24, 2.45) is 5.10 Å². The minimum Gasteiger partial charge on any atom is -0.461 e. The average Bonchev–Trinajstić information content (AvgIpc) is 2.92. The lowest BCUT2D eigenvalue weighted by atomic mass is 10.1. The van der Waals surface area contributed by atoms with E-state index in [-0.39, 0.29) is 30.9 Å². The van der Waals surface area contributed by atoms with E-state index in [2.05, 4.69) is 25.8 Å². The van der Waals surface area contributed by atoms with Crippen LogP contribution in [0.5, 0.6) is 6.01 Å². The number of amides is 1. The summed E-state index contributed by atoms with van der Waals surface area (Å²) < 4.78 is 5.12. The summed E-state index contributed by atoms with van der Waals surface area (Å²) in [5, 5.41) is 15.6. The molecule has 1 aromatic heterocycles. The van der Waals surface area contributed by atoms with Crippen LogP contribution in [-0.2, 0) is 11.2 Å². The molecule has 0 saturated carbocycles. The molecule has 1 aliphatic rings. The van der Waals surface area contributed by atoms with Crippen LogP contribution in [0, 0.1) is 0 Å². The highest BCUT2D eigenvalue weighted by Crippen LogP contribution is 2.23. The van der Waals surface area contributed by atoms with Crippen LogP contribution in [0.3, 0.4) is 0 Å². The summed E-state index contributed by atoms with van der Waals surface area (Å²) in [6, 6.07) is 7.14. The van der Waals surface area contributed by atoms with Gasteiger partial charge in [0.1, 0.15) is 12.4 Å². The molecule has 0 aliphatic carbocycles. The maximum atomic E-state index is 11.3. The molecule has 0 bridgehead atoms. The fourth-order valence-electron chi connectivity index (χ4n) is 2.20. The van der Waals surface area contributed by atoms with E-state index in [9.17, 15) is 4.79 Å². The Morgan fingerprint density at radius 1 is 1.42 bits per heavy atom. The normalized spacial score (nSPS) is 13.0. The largest absolute Gasteiger partial charge is 0.461 e. The number of aliphatic hydroxyl groups is 1. The lowest BCUT2D eigenvalue weighted by Crippen LogP contribution is -2.07. The Morgan fingerprint density at radius 2 is 2.29 bits per heavy atom. The second-order valence-corrected chi connectivity index (χ2v) is 5.04. The van der Waals surface area contributed by atoms with E-state index in [1.807, 2.05) is 18.2 Å². The van der Waals surface area contributed by atoms with Gasteiger partial charge in [-0.1, -0.05) is 6.07 Å². The second-order valence-electron chi connectivity index (χ2n) is 5.04. The highest BCUT2D eigenvalue weighted by molar-refractivity contribution is 6.00. The number of aromatic nitrogens is 2. The molecule has 2 heterocycles. The van der Waals surface area contributed by atoms with Gasteiger partial charge in [0.05, 0.1) is 19.2 Å². The third-order valence-electron chi connectivity index (χ3n) is 3.20. The Kier molecular flexibility index (Phi) is 4.52. The van der Waals surface area contributed by atoms with Crippen molar-refractivity contribution in [2.75, 3.05) is 29.7 Å². The standard InChI is InChI=1S/C15H16N6O3/c16-12-7-13(20-15(19-12)24-4-3-22)21-17-8-9-1-2-11-10(5-9)6-14(23)18-11/h1-2,5,7-8,22H,3-4,6H2,(H,18,23)(H3,16,19,20,21). The van der Waals surface area contributed by atoms with Gasteiger partial charge in [0, 0.05) is 11.8 Å². The molecule has 0 saturated heterocycles. The number of nitrogens with two attached hydrogens (primary N) is 1. The first-order valence-electron chi connectivity index (χ1n) is 7.24. The summed E-state index contributed by atoms with van der Waals surface area (Å²) in [5.41, 5.74) is 11.0. The molecular formula is C15H16N6O3. The predicted molar refractivity (Wildman–Crippen MR) is 89.0 cm³/mol. The summed E-state index contributed by atoms with van der Waals surface area (Å²) in [6.07, 6.45) is 1.98. The van der Waals surface area contributed by atoms with Gasteiger partial charge in [-0.15, -0.1) is 0 Å². The number of carbonyl (C=O) groups is 1. The first-order chi connectivity index (χ1) is 11.6. The molecular weight excluding hydrogens is 312 g/mol. The third kappa shape index (κ3) is 3.76. The molecule has 124 valence electrons. The number of benzene rings is 1. The van der Waals surface area contributed by atoms with Crippen molar-refractivity contribution in [3.63, 3.8) is 0 Å². The Hall–Kier alpha value is -3.20. The number of hydrazone groups is 1. The monoisotopic (exact) mass is 328 g/mol. The highest BCUT2D eigenvalue weighted by Gasteiger charge is 2.16. The van der Waals surface area contributed by atoms with Gasteiger partial charge < -0.3 is 20.9 Å². The number of nitrogen functional groups attached to an aromatic ring is 1. The number of carbonyl (C=O) groups excluding carboxylic acids is 1. The Labute approximate surface area is 137 Å². The molecule has 24 heavy (non-hydrogen) atoms. The van der Waals surface area contributed by atoms with Crippen LogP contribution < -0.4 is 21.2 Å². The van der Waals surface area contributed by atoms with Gasteiger partial charge in [-0.25, -0.2) is 0 Å². The van der Waals surface area contributed by atoms with Crippen LogP contribution >= 0.6 is 0 Å². The number of ether oxygens (including phenoxy) is 1. The molecule has 9 heteroatoms. The molecule has 1 aromatic carbocycles. The number of hydrogen-bond acceptors (Lipinski definition) is 8. The van der Waals surface area contributed by atoms with Crippen molar-refractivity contribution in [1.29, 1.82) is 0 Å². The highest BCUT2D eigenvalue weighted by atomic mass is 16.5. The van der Waals surface area contributed by atoms with Crippen molar-refractivity contribution in [3.8, 4) is 6.01 Å². The molecule has 0 unspecified atom stereocenters. The van der Waals surface area contributed by atoms with Crippen LogP contribution in [-0.4, -0.2) is 40.4 Å². The van der Waals surface area contributed by atoms with E-state index < -0.39 is 0 Å². The molecule has 0 spiro atoms. The van der Waals surface area contributed by atoms with Gasteiger partial charge in [0.15, 0.2) is 5.82 Å². The lowest BCUT2D eigenvalue weighted by molar-refractivity contribution is -0.115. The number of hydrogen-bond donors (Lipinski definition) is 4. The zero-order chi connectivity index (χ0) is 16.9. The lowest BCUT2D eigenvalue weighted by Gasteiger charge is -2.05. The summed E-state index contributed by atoms with van der Waals surface area (Å²) in [6.45, 7) is -0.0667. The van der Waals surface area contributed by atoms with Crippen molar-refractivity contribution >= 4 is 29.4 Å². The van der Waals surface area contributed by atoms with Crippen molar-refractivity contribution in [1.82, 2.24) is 9.97 Å². The molecule has 1 aliphatic heterocycles. The summed E-state index contributed by atoms with van der Waals surface area (Å²) in [7, 11) is 0. The van der Waals surface area contributed by atoms with Crippen LogP contribution in [0.2, 0.25) is 0 Å². The number of nitrogens with one attached hydrogen (secondary N) is 2. The van der Waals surface area contributed by atoms with Crippen LogP contribution in [0.4, 0.5) is 17.3 Å². The first-order valence-corrected chi connectivity index (χ1v) is 7.24. The minimum absolute atomic E-state index is 0.0101. The smallest absolute Gasteiger partial charge is 0.320 e. The zero-order valence-electron chi connectivity index (χ0n) is 12.7. The summed E-state index contributed by atoms with van der Waals surface area (Å²) in [5.74, 6) is 0.575. The van der Waals surface area contributed by atoms with E-state index >= 15 is 0 Å². The van der Waals surface area contributed by atoms with Crippen molar-refractivity contribution in [2.45, 2.75) is 6.42 Å². The second kappa shape index (κ2) is 6.92. The maximum absolute atomic E-state index is 11.3. The summed E-state index contributed by atoms with van der Waals surface area (Å²) >= 11 is 0. The quantitative estimate of drug-likeness (QED) is 0.444. The predicted octanol–water partition coefficient (Wildman–Crippen LogP) is 0.370. The van der Waals surface area contributed by atoms with Gasteiger partial charge in [-0.05, 0) is 23.3 Å². The fourth-order valence-corrected chi connectivity index (χ4v) is 2.20. The molecule has 0 radical (unpaired) electrons. The zero-order valence-corrected chi connectivity index (χ0v) is 12.7. The molecule has 0 atom stereocenters. The third-order valence-corrected chi connectivity index (χ3v) is 3.20. The van der Waals surface area contributed by atoms with E-state index in [0.717, 1.165) is 16.8 Å². The Morgan fingerprint density at radius 3 is 3.12 bits per heavy atom. The van der Waals surface area contributed by atoms with Crippen LogP contribution in [0.1, 0.15) is 11.1 Å². The van der Waals surface area contributed by atoms with E-state index in [0.29, 0.717) is 12.2 Å². The average molecular weight is 328 g/mol. The first kappa shape index (κ1) is 15.7.